The van der Waals surface area contributed by atoms with Crippen molar-refractivity contribution in [2.45, 2.75) is 13.3 Å². The van der Waals surface area contributed by atoms with E-state index in [1.54, 1.807) is 32.5 Å². The van der Waals surface area contributed by atoms with E-state index in [1.807, 2.05) is 18.1 Å². The fourth-order valence-corrected chi connectivity index (χ4v) is 2.52. The third-order valence-electron chi connectivity index (χ3n) is 3.14. The maximum atomic E-state index is 11.7. The number of aryl methyl sites for hydroxylation is 1. The van der Waals surface area contributed by atoms with Crippen LogP contribution in [0.25, 0.3) is 0 Å². The first-order chi connectivity index (χ1) is 10.9. The maximum Gasteiger partial charge on any atom is 0.243 e. The van der Waals surface area contributed by atoms with E-state index in [0.717, 1.165) is 18.0 Å². The molecule has 1 aromatic heterocycles. The smallest absolute Gasteiger partial charge is 0.243 e. The molecule has 0 spiro atoms. The molecule has 24 heavy (non-hydrogen) atoms. The number of methoxy groups -OCH3 is 1. The topological polar surface area (TPSA) is 70.1 Å². The van der Waals surface area contributed by atoms with Crippen molar-refractivity contribution in [2.75, 3.05) is 54.5 Å². The first-order valence-electron chi connectivity index (χ1n) is 7.54. The van der Waals surface area contributed by atoms with Crippen molar-refractivity contribution >= 4 is 47.2 Å². The standard InChI is InChI=1S/C15H27N5O2S.HI/c1-12-10-17-13(23-12)6-8-20(4)15(16-7-9-22-5)18-11-14(21)19(2)3;/h10H,6-9,11H2,1-5H3,(H,16,18);1H. The lowest BCUT2D eigenvalue weighted by molar-refractivity contribution is -0.127. The van der Waals surface area contributed by atoms with E-state index in [4.69, 9.17) is 4.74 Å². The van der Waals surface area contributed by atoms with E-state index >= 15 is 0 Å². The number of ether oxygens (including phenoxy) is 1. The summed E-state index contributed by atoms with van der Waals surface area (Å²) in [6.07, 6.45) is 2.74. The van der Waals surface area contributed by atoms with Gasteiger partial charge >= 0.3 is 0 Å². The molecular weight excluding hydrogens is 441 g/mol. The minimum absolute atomic E-state index is 0. The van der Waals surface area contributed by atoms with Gasteiger partial charge in [-0.15, -0.1) is 35.3 Å². The second kappa shape index (κ2) is 12.4. The quantitative estimate of drug-likeness (QED) is 0.269. The third kappa shape index (κ3) is 8.78. The number of amides is 1. The lowest BCUT2D eigenvalue weighted by Gasteiger charge is -2.22. The zero-order valence-electron chi connectivity index (χ0n) is 15.0. The first kappa shape index (κ1) is 23.1. The summed E-state index contributed by atoms with van der Waals surface area (Å²) >= 11 is 1.71. The van der Waals surface area contributed by atoms with Gasteiger partial charge in [0, 0.05) is 58.8 Å². The summed E-state index contributed by atoms with van der Waals surface area (Å²) in [5.74, 6) is 0.672. The second-order valence-electron chi connectivity index (χ2n) is 5.38. The average molecular weight is 469 g/mol. The van der Waals surface area contributed by atoms with E-state index < -0.39 is 0 Å². The van der Waals surface area contributed by atoms with Crippen molar-refractivity contribution in [1.82, 2.24) is 20.1 Å². The summed E-state index contributed by atoms with van der Waals surface area (Å²) in [6, 6.07) is 0. The summed E-state index contributed by atoms with van der Waals surface area (Å²) in [7, 11) is 7.07. The number of nitrogens with one attached hydrogen (secondary N) is 1. The Morgan fingerprint density at radius 1 is 1.42 bits per heavy atom. The van der Waals surface area contributed by atoms with Crippen molar-refractivity contribution in [3.8, 4) is 0 Å². The number of hydrogen-bond donors (Lipinski definition) is 1. The largest absolute Gasteiger partial charge is 0.383 e. The highest BCUT2D eigenvalue weighted by atomic mass is 127. The van der Waals surface area contributed by atoms with E-state index in [0.29, 0.717) is 19.1 Å². The van der Waals surface area contributed by atoms with Crippen LogP contribution in [0.5, 0.6) is 0 Å². The number of halogens is 1. The van der Waals surface area contributed by atoms with Crippen LogP contribution in [0.2, 0.25) is 0 Å². The number of nitrogens with zero attached hydrogens (tertiary/aromatic N) is 4. The SMILES string of the molecule is COCCNC(=NCC(=O)N(C)C)N(C)CCc1ncc(C)s1.I. The fraction of sp³-hybridized carbons (Fsp3) is 0.667. The van der Waals surface area contributed by atoms with Gasteiger partial charge in [0.2, 0.25) is 5.91 Å². The van der Waals surface area contributed by atoms with Crippen LogP contribution in [0.15, 0.2) is 11.2 Å². The molecule has 0 bridgehead atoms. The monoisotopic (exact) mass is 469 g/mol. The zero-order valence-corrected chi connectivity index (χ0v) is 18.2. The normalized spacial score (nSPS) is 11.0. The highest BCUT2D eigenvalue weighted by molar-refractivity contribution is 14.0. The number of aromatic nitrogens is 1. The van der Waals surface area contributed by atoms with Crippen LogP contribution in [0.3, 0.4) is 0 Å². The van der Waals surface area contributed by atoms with E-state index in [-0.39, 0.29) is 36.4 Å². The van der Waals surface area contributed by atoms with Crippen LogP contribution < -0.4 is 5.32 Å². The molecule has 0 unspecified atom stereocenters. The molecule has 0 saturated carbocycles. The molecule has 7 nitrogen and oxygen atoms in total. The predicted octanol–water partition coefficient (Wildman–Crippen LogP) is 1.22. The Morgan fingerprint density at radius 3 is 2.67 bits per heavy atom. The Kier molecular flexibility index (Phi) is 11.9. The molecule has 1 amide bonds. The first-order valence-corrected chi connectivity index (χ1v) is 8.35. The Hall–Kier alpha value is -0.940. The number of carbonyl (C=O) groups excluding carboxylic acids is 1. The molecule has 0 fully saturated rings. The van der Waals surface area contributed by atoms with Gasteiger partial charge in [-0.05, 0) is 6.92 Å². The van der Waals surface area contributed by atoms with Crippen LogP contribution in [0.4, 0.5) is 0 Å². The van der Waals surface area contributed by atoms with E-state index in [2.05, 4.69) is 22.2 Å². The molecule has 0 radical (unpaired) electrons. The van der Waals surface area contributed by atoms with Crippen molar-refractivity contribution in [3.05, 3.63) is 16.1 Å². The minimum atomic E-state index is -0.0278. The highest BCUT2D eigenvalue weighted by Crippen LogP contribution is 2.11. The van der Waals surface area contributed by atoms with Crippen LogP contribution in [-0.2, 0) is 16.0 Å². The van der Waals surface area contributed by atoms with Crippen molar-refractivity contribution in [1.29, 1.82) is 0 Å². The van der Waals surface area contributed by atoms with Crippen molar-refractivity contribution in [3.63, 3.8) is 0 Å². The lowest BCUT2D eigenvalue weighted by Crippen LogP contribution is -2.42. The van der Waals surface area contributed by atoms with Crippen molar-refractivity contribution < 1.29 is 9.53 Å². The van der Waals surface area contributed by atoms with Gasteiger partial charge in [0.15, 0.2) is 5.96 Å². The van der Waals surface area contributed by atoms with E-state index in [9.17, 15) is 4.79 Å². The Balaban J connectivity index is 0.00000529. The predicted molar refractivity (Wildman–Crippen MR) is 109 cm³/mol. The van der Waals surface area contributed by atoms with Gasteiger partial charge in [0.05, 0.1) is 11.6 Å². The average Bonchev–Trinajstić information content (AvgIpc) is 2.93. The Labute approximate surface area is 165 Å². The van der Waals surface area contributed by atoms with Crippen LogP contribution in [0, 0.1) is 6.92 Å². The lowest BCUT2D eigenvalue weighted by atomic mass is 10.4. The molecule has 0 aliphatic rings. The highest BCUT2D eigenvalue weighted by Gasteiger charge is 2.10. The molecular formula is C15H28IN5O2S. The third-order valence-corrected chi connectivity index (χ3v) is 4.12. The van der Waals surface area contributed by atoms with Gasteiger partial charge in [-0.25, -0.2) is 9.98 Å². The fourth-order valence-electron chi connectivity index (χ4n) is 1.75. The molecule has 0 aromatic carbocycles. The van der Waals surface area contributed by atoms with Gasteiger partial charge in [-0.3, -0.25) is 4.79 Å². The molecule has 0 atom stereocenters. The molecule has 1 rings (SSSR count). The number of hydrogen-bond acceptors (Lipinski definition) is 5. The summed E-state index contributed by atoms with van der Waals surface area (Å²) in [4.78, 5) is 25.3. The van der Waals surface area contributed by atoms with Gasteiger partial charge in [0.25, 0.3) is 0 Å². The van der Waals surface area contributed by atoms with Gasteiger partial charge in [-0.1, -0.05) is 0 Å². The van der Waals surface area contributed by atoms with Crippen LogP contribution in [0.1, 0.15) is 9.88 Å². The number of rotatable bonds is 8. The molecule has 1 N–H and O–H groups in total. The Morgan fingerprint density at radius 2 is 2.12 bits per heavy atom. The molecule has 138 valence electrons. The molecule has 0 aliphatic carbocycles. The minimum Gasteiger partial charge on any atom is -0.383 e. The second-order valence-corrected chi connectivity index (χ2v) is 6.70. The summed E-state index contributed by atoms with van der Waals surface area (Å²) in [5.41, 5.74) is 0. The molecule has 0 aliphatic heterocycles. The number of carbonyl (C=O) groups is 1. The molecule has 1 heterocycles. The van der Waals surface area contributed by atoms with Crippen molar-refractivity contribution in [2.24, 2.45) is 4.99 Å². The van der Waals surface area contributed by atoms with Crippen LogP contribution in [-0.4, -0.2) is 81.1 Å². The maximum absolute atomic E-state index is 11.7. The number of guanidine groups is 1. The molecule has 0 saturated heterocycles. The van der Waals surface area contributed by atoms with Gasteiger partial charge in [0.1, 0.15) is 6.54 Å². The summed E-state index contributed by atoms with van der Waals surface area (Å²) in [5, 5.41) is 4.33. The number of likely N-dealkylation sites (N-methyl/N-ethyl adjacent to an activating group) is 2. The van der Waals surface area contributed by atoms with Crippen LogP contribution >= 0.6 is 35.3 Å². The van der Waals surface area contributed by atoms with Gasteiger partial charge in [-0.2, -0.15) is 0 Å². The number of aliphatic imine (C=N–C) groups is 1. The zero-order chi connectivity index (χ0) is 17.2. The number of thiazole rings is 1. The summed E-state index contributed by atoms with van der Waals surface area (Å²) < 4.78 is 5.05. The summed E-state index contributed by atoms with van der Waals surface area (Å²) in [6.45, 7) is 4.19. The van der Waals surface area contributed by atoms with Gasteiger partial charge < -0.3 is 19.9 Å². The van der Waals surface area contributed by atoms with E-state index in [1.165, 1.54) is 9.78 Å². The molecule has 9 heteroatoms. The molecule has 1 aromatic rings. The Bertz CT molecular complexity index is 522.